The molecule has 1 aliphatic rings. The van der Waals surface area contributed by atoms with Crippen LogP contribution in [-0.2, 0) is 0 Å². The predicted molar refractivity (Wildman–Crippen MR) is 71.7 cm³/mol. The van der Waals surface area contributed by atoms with Crippen molar-refractivity contribution in [2.45, 2.75) is 25.8 Å². The summed E-state index contributed by atoms with van der Waals surface area (Å²) in [5, 5.41) is 9.74. The standard InChI is InChI=1S/C13H19ClN2O/c1-9-6-10(12(15)8-17)11(14)7-13(9)16-4-2-3-5-16/h6-7,12,17H,2-5,8,15H2,1H3/t12-/m0/s1. The summed E-state index contributed by atoms with van der Waals surface area (Å²) in [6.07, 6.45) is 2.49. The number of aryl methyl sites for hydroxylation is 1. The molecule has 0 unspecified atom stereocenters. The fourth-order valence-electron chi connectivity index (χ4n) is 2.37. The molecule has 1 atom stereocenters. The van der Waals surface area contributed by atoms with Gasteiger partial charge < -0.3 is 15.7 Å². The molecule has 2 rings (SSSR count). The van der Waals surface area contributed by atoms with Crippen molar-refractivity contribution in [3.63, 3.8) is 0 Å². The highest BCUT2D eigenvalue weighted by molar-refractivity contribution is 6.31. The average molecular weight is 255 g/mol. The maximum absolute atomic E-state index is 9.09. The van der Waals surface area contributed by atoms with Gasteiger partial charge in [0, 0.05) is 23.8 Å². The Bertz CT molecular complexity index is 403. The summed E-state index contributed by atoms with van der Waals surface area (Å²) < 4.78 is 0. The number of aliphatic hydroxyl groups is 1. The second kappa shape index (κ2) is 5.25. The summed E-state index contributed by atoms with van der Waals surface area (Å²) >= 11 is 6.24. The molecule has 17 heavy (non-hydrogen) atoms. The summed E-state index contributed by atoms with van der Waals surface area (Å²) in [6.45, 7) is 4.19. The molecule has 1 saturated heterocycles. The third-order valence-electron chi connectivity index (χ3n) is 3.36. The molecule has 0 spiro atoms. The fourth-order valence-corrected chi connectivity index (χ4v) is 2.67. The molecule has 3 nitrogen and oxygen atoms in total. The van der Waals surface area contributed by atoms with E-state index < -0.39 is 6.04 Å². The lowest BCUT2D eigenvalue weighted by molar-refractivity contribution is 0.268. The van der Waals surface area contributed by atoms with E-state index in [1.165, 1.54) is 24.1 Å². The largest absolute Gasteiger partial charge is 0.394 e. The number of hydrogen-bond acceptors (Lipinski definition) is 3. The highest BCUT2D eigenvalue weighted by Gasteiger charge is 2.17. The monoisotopic (exact) mass is 254 g/mol. The Kier molecular flexibility index (Phi) is 3.92. The topological polar surface area (TPSA) is 49.5 Å². The van der Waals surface area contributed by atoms with Crippen LogP contribution in [0.4, 0.5) is 5.69 Å². The van der Waals surface area contributed by atoms with Crippen molar-refractivity contribution in [3.05, 3.63) is 28.3 Å². The van der Waals surface area contributed by atoms with Crippen LogP contribution in [0.1, 0.15) is 30.0 Å². The number of nitrogens with two attached hydrogens (primary N) is 1. The molecule has 1 aromatic rings. The molecule has 1 aromatic carbocycles. The molecule has 4 heteroatoms. The highest BCUT2D eigenvalue weighted by atomic mass is 35.5. The van der Waals surface area contributed by atoms with Crippen molar-refractivity contribution < 1.29 is 5.11 Å². The summed E-state index contributed by atoms with van der Waals surface area (Å²) in [4.78, 5) is 2.36. The Morgan fingerprint density at radius 2 is 2.06 bits per heavy atom. The molecule has 1 heterocycles. The second-order valence-corrected chi connectivity index (χ2v) is 5.05. The van der Waals surface area contributed by atoms with Gasteiger partial charge >= 0.3 is 0 Å². The molecule has 0 aliphatic carbocycles. The number of hydrogen-bond donors (Lipinski definition) is 2. The van der Waals surface area contributed by atoms with E-state index in [-0.39, 0.29) is 6.61 Å². The van der Waals surface area contributed by atoms with Gasteiger partial charge in [-0.25, -0.2) is 0 Å². The molecule has 3 N–H and O–H groups in total. The highest BCUT2D eigenvalue weighted by Crippen LogP contribution is 2.32. The Morgan fingerprint density at radius 1 is 1.41 bits per heavy atom. The van der Waals surface area contributed by atoms with Gasteiger partial charge in [-0.05, 0) is 37.0 Å². The van der Waals surface area contributed by atoms with Gasteiger partial charge in [0.1, 0.15) is 0 Å². The van der Waals surface area contributed by atoms with Crippen LogP contribution in [0.15, 0.2) is 12.1 Å². The molecule has 0 amide bonds. The van der Waals surface area contributed by atoms with Crippen molar-refractivity contribution >= 4 is 17.3 Å². The lowest BCUT2D eigenvalue weighted by atomic mass is 10.0. The zero-order valence-electron chi connectivity index (χ0n) is 10.1. The van der Waals surface area contributed by atoms with Crippen molar-refractivity contribution in [1.82, 2.24) is 0 Å². The first-order valence-corrected chi connectivity index (χ1v) is 6.42. The lowest BCUT2D eigenvalue weighted by Crippen LogP contribution is -2.20. The zero-order chi connectivity index (χ0) is 12.4. The van der Waals surface area contributed by atoms with Crippen molar-refractivity contribution in [1.29, 1.82) is 0 Å². The summed E-state index contributed by atoms with van der Waals surface area (Å²) in [5.74, 6) is 0. The van der Waals surface area contributed by atoms with Crippen molar-refractivity contribution in [2.75, 3.05) is 24.6 Å². The Morgan fingerprint density at radius 3 is 2.65 bits per heavy atom. The van der Waals surface area contributed by atoms with Gasteiger partial charge in [-0.2, -0.15) is 0 Å². The van der Waals surface area contributed by atoms with E-state index in [9.17, 15) is 0 Å². The Balaban J connectivity index is 2.33. The van der Waals surface area contributed by atoms with Crippen LogP contribution >= 0.6 is 11.6 Å². The molecule has 1 fully saturated rings. The van der Waals surface area contributed by atoms with Crippen LogP contribution in [0.25, 0.3) is 0 Å². The first-order valence-electron chi connectivity index (χ1n) is 6.05. The second-order valence-electron chi connectivity index (χ2n) is 4.64. The number of halogens is 1. The minimum atomic E-state index is -0.395. The van der Waals surface area contributed by atoms with Crippen LogP contribution in [0, 0.1) is 6.92 Å². The van der Waals surface area contributed by atoms with Crippen LogP contribution in [-0.4, -0.2) is 24.8 Å². The van der Waals surface area contributed by atoms with E-state index in [4.69, 9.17) is 22.4 Å². The molecule has 0 aromatic heterocycles. The van der Waals surface area contributed by atoms with E-state index >= 15 is 0 Å². The predicted octanol–water partition coefficient (Wildman–Crippen LogP) is 2.24. The number of anilines is 1. The van der Waals surface area contributed by atoms with Crippen LogP contribution in [0.3, 0.4) is 0 Å². The number of aliphatic hydroxyl groups excluding tert-OH is 1. The molecule has 1 aliphatic heterocycles. The molecular weight excluding hydrogens is 236 g/mol. The third kappa shape index (κ3) is 2.57. The lowest BCUT2D eigenvalue weighted by Gasteiger charge is -2.22. The molecule has 0 saturated carbocycles. The van der Waals surface area contributed by atoms with Crippen molar-refractivity contribution in [2.24, 2.45) is 5.73 Å². The number of nitrogens with zero attached hydrogens (tertiary/aromatic N) is 1. The smallest absolute Gasteiger partial charge is 0.0624 e. The summed E-state index contributed by atoms with van der Waals surface area (Å²) in [6, 6.07) is 3.58. The van der Waals surface area contributed by atoms with Gasteiger partial charge in [-0.15, -0.1) is 0 Å². The van der Waals surface area contributed by atoms with E-state index in [2.05, 4.69) is 11.8 Å². The molecule has 0 radical (unpaired) electrons. The third-order valence-corrected chi connectivity index (χ3v) is 3.69. The van der Waals surface area contributed by atoms with Gasteiger partial charge in [-0.1, -0.05) is 17.7 Å². The Hall–Kier alpha value is -0.770. The van der Waals surface area contributed by atoms with Crippen LogP contribution in [0.5, 0.6) is 0 Å². The molecular formula is C13H19ClN2O. The number of rotatable bonds is 3. The van der Waals surface area contributed by atoms with Crippen LogP contribution in [0.2, 0.25) is 5.02 Å². The Labute approximate surface area is 107 Å². The summed E-state index contributed by atoms with van der Waals surface area (Å²) in [5.41, 5.74) is 9.02. The quantitative estimate of drug-likeness (QED) is 0.870. The normalized spacial score (nSPS) is 17.5. The van der Waals surface area contributed by atoms with Gasteiger partial charge in [-0.3, -0.25) is 0 Å². The first-order chi connectivity index (χ1) is 8.13. The van der Waals surface area contributed by atoms with E-state index in [1.807, 2.05) is 12.1 Å². The van der Waals surface area contributed by atoms with Gasteiger partial charge in [0.2, 0.25) is 0 Å². The average Bonchev–Trinajstić information content (AvgIpc) is 2.84. The van der Waals surface area contributed by atoms with Crippen LogP contribution < -0.4 is 10.6 Å². The fraction of sp³-hybridized carbons (Fsp3) is 0.538. The molecule has 0 bridgehead atoms. The van der Waals surface area contributed by atoms with Gasteiger partial charge in [0.15, 0.2) is 0 Å². The van der Waals surface area contributed by atoms with Gasteiger partial charge in [0.25, 0.3) is 0 Å². The minimum Gasteiger partial charge on any atom is -0.394 e. The van der Waals surface area contributed by atoms with E-state index in [1.54, 1.807) is 0 Å². The van der Waals surface area contributed by atoms with Crippen molar-refractivity contribution in [3.8, 4) is 0 Å². The van der Waals surface area contributed by atoms with E-state index in [0.717, 1.165) is 18.7 Å². The SMILES string of the molecule is Cc1cc([C@@H](N)CO)c(Cl)cc1N1CCCC1. The molecule has 94 valence electrons. The number of benzene rings is 1. The first kappa shape index (κ1) is 12.7. The van der Waals surface area contributed by atoms with Gasteiger partial charge in [0.05, 0.1) is 12.6 Å². The summed E-state index contributed by atoms with van der Waals surface area (Å²) in [7, 11) is 0. The minimum absolute atomic E-state index is 0.0811. The zero-order valence-corrected chi connectivity index (χ0v) is 10.9. The van der Waals surface area contributed by atoms with E-state index in [0.29, 0.717) is 5.02 Å². The maximum atomic E-state index is 9.09. The maximum Gasteiger partial charge on any atom is 0.0624 e.